The van der Waals surface area contributed by atoms with Gasteiger partial charge in [-0.15, -0.1) is 0 Å². The fourth-order valence-corrected chi connectivity index (χ4v) is 3.08. The normalized spacial score (nSPS) is 14.5. The van der Waals surface area contributed by atoms with E-state index in [1.807, 2.05) is 61.2 Å². The highest BCUT2D eigenvalue weighted by Gasteiger charge is 2.24. The third-order valence-corrected chi connectivity index (χ3v) is 4.75. The van der Waals surface area contributed by atoms with Crippen molar-refractivity contribution in [1.82, 2.24) is 14.9 Å². The molecule has 3 rings (SSSR count). The molecule has 0 aliphatic carbocycles. The molecule has 2 heterocycles. The lowest BCUT2D eigenvalue weighted by Gasteiger charge is -2.35. The number of carbonyl (C=O) groups excluding carboxylic acids is 1. The van der Waals surface area contributed by atoms with E-state index in [0.29, 0.717) is 13.1 Å². The van der Waals surface area contributed by atoms with Gasteiger partial charge in [-0.1, -0.05) is 19.1 Å². The van der Waals surface area contributed by atoms with E-state index in [9.17, 15) is 4.79 Å². The number of hydrogen-bond acceptors (Lipinski definition) is 5. The van der Waals surface area contributed by atoms with Gasteiger partial charge in [0.05, 0.1) is 0 Å². The number of rotatable bonds is 4. The molecule has 1 fully saturated rings. The van der Waals surface area contributed by atoms with Crippen molar-refractivity contribution in [2.24, 2.45) is 0 Å². The molecule has 6 nitrogen and oxygen atoms in total. The zero-order chi connectivity index (χ0) is 18.7. The van der Waals surface area contributed by atoms with Crippen molar-refractivity contribution >= 4 is 17.7 Å². The predicted molar refractivity (Wildman–Crippen MR) is 105 cm³/mol. The lowest BCUT2D eigenvalue weighted by molar-refractivity contribution is 0.0746. The summed E-state index contributed by atoms with van der Waals surface area (Å²) in [6.45, 7) is 6.96. The molecule has 1 amide bonds. The lowest BCUT2D eigenvalue weighted by Crippen LogP contribution is -2.49. The van der Waals surface area contributed by atoms with Gasteiger partial charge in [-0.3, -0.25) is 4.79 Å². The summed E-state index contributed by atoms with van der Waals surface area (Å²) in [4.78, 5) is 28.0. The summed E-state index contributed by atoms with van der Waals surface area (Å²) in [5.41, 5.74) is 2.96. The van der Waals surface area contributed by atoms with Crippen molar-refractivity contribution in [1.29, 1.82) is 0 Å². The number of aryl methyl sites for hydroxylation is 2. The number of carbonyl (C=O) groups is 1. The highest BCUT2D eigenvalue weighted by Crippen LogP contribution is 2.18. The maximum Gasteiger partial charge on any atom is 0.253 e. The predicted octanol–water partition coefficient (Wildman–Crippen LogP) is 2.38. The molecule has 1 aliphatic rings. The number of piperazine rings is 1. The topological polar surface area (TPSA) is 52.6 Å². The molecule has 0 saturated carbocycles. The highest BCUT2D eigenvalue weighted by molar-refractivity contribution is 5.94. The molecular weight excluding hydrogens is 326 g/mol. The minimum absolute atomic E-state index is 0.103. The number of aromatic nitrogens is 2. The Labute approximate surface area is 155 Å². The molecule has 1 aromatic carbocycles. The first-order chi connectivity index (χ1) is 12.5. The highest BCUT2D eigenvalue weighted by atomic mass is 16.2. The van der Waals surface area contributed by atoms with Gasteiger partial charge < -0.3 is 14.7 Å². The Hall–Kier alpha value is -2.63. The van der Waals surface area contributed by atoms with Crippen molar-refractivity contribution in [3.8, 4) is 0 Å². The molecule has 1 aliphatic heterocycles. The zero-order valence-electron chi connectivity index (χ0n) is 16.1. The first-order valence-corrected chi connectivity index (χ1v) is 9.14. The van der Waals surface area contributed by atoms with Crippen molar-refractivity contribution < 1.29 is 4.79 Å². The lowest BCUT2D eigenvalue weighted by atomic mass is 10.1. The van der Waals surface area contributed by atoms with E-state index in [0.717, 1.165) is 42.5 Å². The molecule has 0 spiro atoms. The van der Waals surface area contributed by atoms with E-state index in [1.54, 1.807) is 0 Å². The van der Waals surface area contributed by atoms with Crippen LogP contribution in [0.1, 0.15) is 28.5 Å². The van der Waals surface area contributed by atoms with Crippen LogP contribution in [-0.2, 0) is 6.42 Å². The third-order valence-electron chi connectivity index (χ3n) is 4.75. The third kappa shape index (κ3) is 3.95. The second-order valence-electron chi connectivity index (χ2n) is 6.89. The second-order valence-corrected chi connectivity index (χ2v) is 6.89. The van der Waals surface area contributed by atoms with Crippen molar-refractivity contribution in [2.45, 2.75) is 20.3 Å². The van der Waals surface area contributed by atoms with E-state index >= 15 is 0 Å². The fourth-order valence-electron chi connectivity index (χ4n) is 3.08. The number of anilines is 2. The van der Waals surface area contributed by atoms with Crippen LogP contribution in [0.25, 0.3) is 0 Å². The van der Waals surface area contributed by atoms with Crippen LogP contribution in [0.3, 0.4) is 0 Å². The Balaban J connectivity index is 1.66. The van der Waals surface area contributed by atoms with E-state index in [-0.39, 0.29) is 5.91 Å². The molecule has 138 valence electrons. The van der Waals surface area contributed by atoms with Crippen LogP contribution < -0.4 is 9.80 Å². The molecule has 0 unspecified atom stereocenters. The van der Waals surface area contributed by atoms with Crippen molar-refractivity contribution in [3.05, 3.63) is 47.2 Å². The van der Waals surface area contributed by atoms with Crippen LogP contribution >= 0.6 is 0 Å². The summed E-state index contributed by atoms with van der Waals surface area (Å²) in [7, 11) is 3.96. The van der Waals surface area contributed by atoms with Crippen molar-refractivity contribution in [2.75, 3.05) is 50.1 Å². The summed E-state index contributed by atoms with van der Waals surface area (Å²) in [6.07, 6.45) is 0.985. The first kappa shape index (κ1) is 18.2. The Morgan fingerprint density at radius 1 is 1.08 bits per heavy atom. The van der Waals surface area contributed by atoms with Gasteiger partial charge in [-0.05, 0) is 31.0 Å². The summed E-state index contributed by atoms with van der Waals surface area (Å²) in [6, 6.07) is 9.91. The van der Waals surface area contributed by atoms with Crippen LogP contribution in [0.4, 0.5) is 11.8 Å². The van der Waals surface area contributed by atoms with Crippen LogP contribution in [0.2, 0.25) is 0 Å². The molecule has 6 heteroatoms. The zero-order valence-corrected chi connectivity index (χ0v) is 16.1. The largest absolute Gasteiger partial charge is 0.363 e. The molecule has 0 N–H and O–H groups in total. The van der Waals surface area contributed by atoms with Gasteiger partial charge in [-0.25, -0.2) is 4.98 Å². The monoisotopic (exact) mass is 353 g/mol. The average molecular weight is 353 g/mol. The number of benzene rings is 1. The first-order valence-electron chi connectivity index (χ1n) is 9.14. The SMILES string of the molecule is CCc1ccc(C(=O)N2CCN(c3nc(C)cc(N(C)C)n3)CC2)cc1. The van der Waals surface area contributed by atoms with Gasteiger partial charge in [0.2, 0.25) is 5.95 Å². The standard InChI is InChI=1S/C20H27N5O/c1-5-16-6-8-17(9-7-16)19(26)24-10-12-25(13-11-24)20-21-15(2)14-18(22-20)23(3)4/h6-9,14H,5,10-13H2,1-4H3. The molecule has 0 radical (unpaired) electrons. The van der Waals surface area contributed by atoms with E-state index in [1.165, 1.54) is 5.56 Å². The fraction of sp³-hybridized carbons (Fsp3) is 0.450. The molecule has 26 heavy (non-hydrogen) atoms. The molecule has 1 saturated heterocycles. The average Bonchev–Trinajstić information content (AvgIpc) is 2.67. The van der Waals surface area contributed by atoms with Gasteiger partial charge in [-0.2, -0.15) is 4.98 Å². The second kappa shape index (κ2) is 7.72. The maximum atomic E-state index is 12.7. The number of amides is 1. The van der Waals surface area contributed by atoms with Crippen LogP contribution in [0, 0.1) is 6.92 Å². The Bertz CT molecular complexity index is 764. The molecular formula is C20H27N5O. The van der Waals surface area contributed by atoms with Crippen LogP contribution in [-0.4, -0.2) is 61.0 Å². The Kier molecular flexibility index (Phi) is 5.40. The van der Waals surface area contributed by atoms with Crippen molar-refractivity contribution in [3.63, 3.8) is 0 Å². The van der Waals surface area contributed by atoms with Gasteiger partial charge in [0.1, 0.15) is 5.82 Å². The quantitative estimate of drug-likeness (QED) is 0.845. The smallest absolute Gasteiger partial charge is 0.253 e. The van der Waals surface area contributed by atoms with Gasteiger partial charge in [0.15, 0.2) is 0 Å². The molecule has 1 aromatic heterocycles. The van der Waals surface area contributed by atoms with E-state index in [2.05, 4.69) is 21.8 Å². The minimum atomic E-state index is 0.103. The summed E-state index contributed by atoms with van der Waals surface area (Å²) in [5, 5.41) is 0. The molecule has 0 atom stereocenters. The summed E-state index contributed by atoms with van der Waals surface area (Å²) >= 11 is 0. The summed E-state index contributed by atoms with van der Waals surface area (Å²) < 4.78 is 0. The molecule has 2 aromatic rings. The Morgan fingerprint density at radius 2 is 1.73 bits per heavy atom. The van der Waals surface area contributed by atoms with E-state index < -0.39 is 0 Å². The van der Waals surface area contributed by atoms with Gasteiger partial charge in [0, 0.05) is 57.6 Å². The molecule has 0 bridgehead atoms. The maximum absolute atomic E-state index is 12.7. The Morgan fingerprint density at radius 3 is 2.31 bits per heavy atom. The van der Waals surface area contributed by atoms with Gasteiger partial charge in [0.25, 0.3) is 5.91 Å². The van der Waals surface area contributed by atoms with Gasteiger partial charge >= 0.3 is 0 Å². The number of hydrogen-bond donors (Lipinski definition) is 0. The van der Waals surface area contributed by atoms with E-state index in [4.69, 9.17) is 0 Å². The number of nitrogens with zero attached hydrogens (tertiary/aromatic N) is 5. The minimum Gasteiger partial charge on any atom is -0.363 e. The summed E-state index contributed by atoms with van der Waals surface area (Å²) in [5.74, 6) is 1.75. The van der Waals surface area contributed by atoms with Crippen LogP contribution in [0.15, 0.2) is 30.3 Å². The van der Waals surface area contributed by atoms with Crippen LogP contribution in [0.5, 0.6) is 0 Å².